The Balaban J connectivity index is 2.12. The first-order chi connectivity index (χ1) is 11.1. The van der Waals surface area contributed by atoms with Crippen LogP contribution in [-0.2, 0) is 6.42 Å². The predicted molar refractivity (Wildman–Crippen MR) is 86.7 cm³/mol. The van der Waals surface area contributed by atoms with Gasteiger partial charge in [-0.05, 0) is 42.7 Å². The highest BCUT2D eigenvalue weighted by atomic mass is 19.1. The quantitative estimate of drug-likeness (QED) is 0.578. The van der Waals surface area contributed by atoms with Crippen molar-refractivity contribution >= 4 is 0 Å². The van der Waals surface area contributed by atoms with E-state index in [2.05, 4.69) is 18.8 Å². The average Bonchev–Trinajstić information content (AvgIpc) is 2.54. The molecule has 0 spiro atoms. The Morgan fingerprint density at radius 1 is 0.913 bits per heavy atom. The minimum absolute atomic E-state index is 0.214. The molecule has 0 amide bonds. The van der Waals surface area contributed by atoms with E-state index in [1.165, 1.54) is 30.9 Å². The molecule has 0 saturated carbocycles. The van der Waals surface area contributed by atoms with Crippen LogP contribution in [0, 0.1) is 34.8 Å². The summed E-state index contributed by atoms with van der Waals surface area (Å²) in [5.41, 5.74) is 1.69. The molecule has 0 N–H and O–H groups in total. The van der Waals surface area contributed by atoms with Gasteiger partial charge in [-0.15, -0.1) is 0 Å². The highest BCUT2D eigenvalue weighted by Gasteiger charge is 2.09. The number of aryl methyl sites for hydroxylation is 1. The number of halogens is 2. The van der Waals surface area contributed by atoms with Crippen molar-refractivity contribution in [2.24, 2.45) is 0 Å². The van der Waals surface area contributed by atoms with E-state index in [-0.39, 0.29) is 5.56 Å². The maximum Gasteiger partial charge on any atom is 0.145 e. The minimum atomic E-state index is -0.886. The highest BCUT2D eigenvalue weighted by molar-refractivity contribution is 5.46. The molecule has 0 radical (unpaired) electrons. The van der Waals surface area contributed by atoms with Crippen LogP contribution in [0.2, 0.25) is 0 Å². The molecular formula is C20H17F2N. The number of nitriles is 1. The molecule has 2 aromatic carbocycles. The van der Waals surface area contributed by atoms with Gasteiger partial charge in [0.15, 0.2) is 0 Å². The first-order valence-corrected chi connectivity index (χ1v) is 7.64. The molecule has 0 aromatic heterocycles. The van der Waals surface area contributed by atoms with Crippen molar-refractivity contribution < 1.29 is 8.78 Å². The second-order valence-electron chi connectivity index (χ2n) is 5.33. The lowest BCUT2D eigenvalue weighted by Crippen LogP contribution is -1.92. The lowest BCUT2D eigenvalue weighted by atomic mass is 10.1. The van der Waals surface area contributed by atoms with Crippen molar-refractivity contribution in [2.45, 2.75) is 32.6 Å². The largest absolute Gasteiger partial charge is 0.205 e. The molecule has 3 heteroatoms. The van der Waals surface area contributed by atoms with E-state index < -0.39 is 17.2 Å². The molecular weight excluding hydrogens is 292 g/mol. The fourth-order valence-corrected chi connectivity index (χ4v) is 2.23. The molecule has 2 rings (SSSR count). The van der Waals surface area contributed by atoms with Crippen molar-refractivity contribution in [3.05, 3.63) is 70.3 Å². The molecule has 0 atom stereocenters. The third kappa shape index (κ3) is 4.66. The van der Waals surface area contributed by atoms with Crippen LogP contribution in [-0.4, -0.2) is 0 Å². The summed E-state index contributed by atoms with van der Waals surface area (Å²) in [5, 5.41) is 8.64. The van der Waals surface area contributed by atoms with Crippen LogP contribution in [0.25, 0.3) is 0 Å². The van der Waals surface area contributed by atoms with E-state index in [1.807, 2.05) is 24.3 Å². The normalized spacial score (nSPS) is 9.83. The van der Waals surface area contributed by atoms with E-state index >= 15 is 0 Å². The van der Waals surface area contributed by atoms with E-state index in [1.54, 1.807) is 0 Å². The summed E-state index contributed by atoms with van der Waals surface area (Å²) in [6, 6.07) is 11.5. The maximum absolute atomic E-state index is 13.5. The van der Waals surface area contributed by atoms with Crippen LogP contribution >= 0.6 is 0 Å². The van der Waals surface area contributed by atoms with Gasteiger partial charge >= 0.3 is 0 Å². The Bertz CT molecular complexity index is 751. The molecule has 0 aliphatic heterocycles. The lowest BCUT2D eigenvalue weighted by Gasteiger charge is -2.00. The first kappa shape index (κ1) is 16.7. The van der Waals surface area contributed by atoms with Crippen molar-refractivity contribution in [1.29, 1.82) is 5.26 Å². The Morgan fingerprint density at radius 3 is 2.09 bits per heavy atom. The second kappa shape index (κ2) is 8.11. The smallest absolute Gasteiger partial charge is 0.145 e. The third-order valence-electron chi connectivity index (χ3n) is 3.53. The van der Waals surface area contributed by atoms with Gasteiger partial charge in [-0.2, -0.15) is 5.26 Å². The lowest BCUT2D eigenvalue weighted by molar-refractivity contribution is 0.576. The SMILES string of the molecule is CCCCCc1ccc(C#Cc2cc(F)c(C#N)c(F)c2)cc1. The molecule has 23 heavy (non-hydrogen) atoms. The topological polar surface area (TPSA) is 23.8 Å². The maximum atomic E-state index is 13.5. The molecule has 0 heterocycles. The number of rotatable bonds is 4. The highest BCUT2D eigenvalue weighted by Crippen LogP contribution is 2.14. The van der Waals surface area contributed by atoms with Gasteiger partial charge in [0.1, 0.15) is 23.3 Å². The Kier molecular flexibility index (Phi) is 5.89. The molecule has 2 aromatic rings. The van der Waals surface area contributed by atoms with Gasteiger partial charge in [-0.3, -0.25) is 0 Å². The van der Waals surface area contributed by atoms with Crippen LogP contribution in [0.5, 0.6) is 0 Å². The average molecular weight is 309 g/mol. The van der Waals surface area contributed by atoms with Crippen molar-refractivity contribution in [3.63, 3.8) is 0 Å². The van der Waals surface area contributed by atoms with Crippen LogP contribution in [0.4, 0.5) is 8.78 Å². The van der Waals surface area contributed by atoms with Gasteiger partial charge in [0.05, 0.1) is 0 Å². The Labute approximate surface area is 135 Å². The van der Waals surface area contributed by atoms with E-state index in [0.717, 1.165) is 24.1 Å². The zero-order chi connectivity index (χ0) is 16.7. The molecule has 0 fully saturated rings. The van der Waals surface area contributed by atoms with Gasteiger partial charge in [0.25, 0.3) is 0 Å². The molecule has 0 saturated heterocycles. The second-order valence-corrected chi connectivity index (χ2v) is 5.33. The van der Waals surface area contributed by atoms with Crippen LogP contribution in [0.15, 0.2) is 36.4 Å². The third-order valence-corrected chi connectivity index (χ3v) is 3.53. The molecule has 0 bridgehead atoms. The summed E-state index contributed by atoms with van der Waals surface area (Å²) in [6.45, 7) is 2.17. The standard InChI is InChI=1S/C20H17F2N/c1-2-3-4-5-15-6-8-16(9-7-15)10-11-17-12-19(21)18(14-23)20(22)13-17/h6-9,12-13H,2-5H2,1H3. The summed E-state index contributed by atoms with van der Waals surface area (Å²) in [7, 11) is 0. The number of hydrogen-bond donors (Lipinski definition) is 0. The molecule has 0 aliphatic rings. The summed E-state index contributed by atoms with van der Waals surface area (Å²) in [5.74, 6) is 3.84. The number of hydrogen-bond acceptors (Lipinski definition) is 1. The van der Waals surface area contributed by atoms with Gasteiger partial charge in [0.2, 0.25) is 0 Å². The summed E-state index contributed by atoms with van der Waals surface area (Å²) >= 11 is 0. The van der Waals surface area contributed by atoms with E-state index in [9.17, 15) is 8.78 Å². The van der Waals surface area contributed by atoms with E-state index in [4.69, 9.17) is 5.26 Å². The molecule has 0 aliphatic carbocycles. The van der Waals surface area contributed by atoms with Gasteiger partial charge < -0.3 is 0 Å². The van der Waals surface area contributed by atoms with E-state index in [0.29, 0.717) is 0 Å². The molecule has 0 unspecified atom stereocenters. The summed E-state index contributed by atoms with van der Waals surface area (Å²) in [6.07, 6.45) is 4.64. The zero-order valence-corrected chi connectivity index (χ0v) is 13.0. The van der Waals surface area contributed by atoms with Gasteiger partial charge in [-0.25, -0.2) is 8.78 Å². The van der Waals surface area contributed by atoms with Crippen LogP contribution < -0.4 is 0 Å². The van der Waals surface area contributed by atoms with Crippen LogP contribution in [0.3, 0.4) is 0 Å². The van der Waals surface area contributed by atoms with Crippen molar-refractivity contribution in [3.8, 4) is 17.9 Å². The molecule has 116 valence electrons. The minimum Gasteiger partial charge on any atom is -0.205 e. The van der Waals surface area contributed by atoms with Crippen LogP contribution in [0.1, 0.15) is 48.4 Å². The van der Waals surface area contributed by atoms with Crippen molar-refractivity contribution in [1.82, 2.24) is 0 Å². The summed E-state index contributed by atoms with van der Waals surface area (Å²) < 4.78 is 27.0. The monoisotopic (exact) mass is 309 g/mol. The molecule has 1 nitrogen and oxygen atoms in total. The zero-order valence-electron chi connectivity index (χ0n) is 13.0. The van der Waals surface area contributed by atoms with Gasteiger partial charge in [-0.1, -0.05) is 43.7 Å². The van der Waals surface area contributed by atoms with Gasteiger partial charge in [0, 0.05) is 11.1 Å². The van der Waals surface area contributed by atoms with Crippen molar-refractivity contribution in [2.75, 3.05) is 0 Å². The fraction of sp³-hybridized carbons (Fsp3) is 0.250. The Hall–Kier alpha value is -2.65. The predicted octanol–water partition coefficient (Wildman–Crippen LogP) is 4.97. The number of benzene rings is 2. The summed E-state index contributed by atoms with van der Waals surface area (Å²) in [4.78, 5) is 0. The number of nitrogens with zero attached hydrogens (tertiary/aromatic N) is 1. The fourth-order valence-electron chi connectivity index (χ4n) is 2.23. The number of unbranched alkanes of at least 4 members (excludes halogenated alkanes) is 2. The first-order valence-electron chi connectivity index (χ1n) is 7.64. The Morgan fingerprint density at radius 2 is 1.52 bits per heavy atom.